The highest BCUT2D eigenvalue weighted by atomic mass is 35.5. The maximum absolute atomic E-state index is 13.3. The first-order valence-corrected chi connectivity index (χ1v) is 12.8. The van der Waals surface area contributed by atoms with E-state index in [0.29, 0.717) is 45.5 Å². The lowest BCUT2D eigenvalue weighted by atomic mass is 9.76. The van der Waals surface area contributed by atoms with Gasteiger partial charge in [0.05, 0.1) is 12.7 Å². The van der Waals surface area contributed by atoms with E-state index in [1.807, 2.05) is 35.8 Å². The summed E-state index contributed by atoms with van der Waals surface area (Å²) in [6.45, 7) is 6.84. The Balaban J connectivity index is 1.50. The molecule has 6 nitrogen and oxygen atoms in total. The van der Waals surface area contributed by atoms with E-state index in [-0.39, 0.29) is 23.8 Å². The topological polar surface area (TPSA) is 70.1 Å². The summed E-state index contributed by atoms with van der Waals surface area (Å²) in [5.74, 6) is 1.26. The molecule has 7 heteroatoms. The molecule has 182 valence electrons. The monoisotopic (exact) mass is 476 g/mol. The zero-order chi connectivity index (χ0) is 23.6. The molecule has 3 fully saturated rings. The molecular formula is C26H37ClN2O4. The fraction of sp³-hybridized carbons (Fsp3) is 0.692. The second-order valence-electron chi connectivity index (χ2n) is 10.4. The van der Waals surface area contributed by atoms with Crippen molar-refractivity contribution in [3.05, 3.63) is 28.3 Å². The highest BCUT2D eigenvalue weighted by Gasteiger charge is 2.42. The number of benzene rings is 1. The number of aryl methyl sites for hydroxylation is 2. The summed E-state index contributed by atoms with van der Waals surface area (Å²) in [6, 6.07) is 3.88. The van der Waals surface area contributed by atoms with Crippen LogP contribution in [0.5, 0.6) is 5.75 Å². The number of rotatable bonds is 6. The molecule has 2 saturated heterocycles. The number of hydrogen-bond donors (Lipinski definition) is 1. The van der Waals surface area contributed by atoms with Crippen molar-refractivity contribution < 1.29 is 19.4 Å². The average molecular weight is 477 g/mol. The van der Waals surface area contributed by atoms with Crippen LogP contribution in [0.15, 0.2) is 12.1 Å². The zero-order valence-corrected chi connectivity index (χ0v) is 20.7. The van der Waals surface area contributed by atoms with Crippen LogP contribution in [-0.4, -0.2) is 65.6 Å². The number of aliphatic hydroxyl groups excluding tert-OH is 1. The number of amides is 2. The van der Waals surface area contributed by atoms with Crippen molar-refractivity contribution in [2.45, 2.75) is 71.3 Å². The van der Waals surface area contributed by atoms with Crippen LogP contribution >= 0.6 is 11.6 Å². The Morgan fingerprint density at radius 2 is 1.73 bits per heavy atom. The van der Waals surface area contributed by atoms with E-state index in [2.05, 4.69) is 0 Å². The normalized spacial score (nSPS) is 24.5. The molecule has 3 aliphatic rings. The quantitative estimate of drug-likeness (QED) is 0.670. The van der Waals surface area contributed by atoms with Crippen LogP contribution < -0.4 is 4.74 Å². The number of piperidine rings is 2. The second kappa shape index (κ2) is 10.2. The molecule has 0 radical (unpaired) electrons. The minimum absolute atomic E-state index is 0.104. The van der Waals surface area contributed by atoms with Gasteiger partial charge >= 0.3 is 0 Å². The third kappa shape index (κ3) is 5.65. The van der Waals surface area contributed by atoms with E-state index in [0.717, 1.165) is 60.5 Å². The van der Waals surface area contributed by atoms with Crippen LogP contribution in [0.1, 0.15) is 62.5 Å². The van der Waals surface area contributed by atoms with Crippen LogP contribution in [-0.2, 0) is 9.59 Å². The first-order valence-electron chi connectivity index (χ1n) is 12.4. The summed E-state index contributed by atoms with van der Waals surface area (Å²) in [7, 11) is 0. The number of nitrogens with zero attached hydrogens (tertiary/aromatic N) is 2. The third-order valence-corrected chi connectivity index (χ3v) is 8.32. The smallest absolute Gasteiger partial charge is 0.225 e. The molecule has 1 aromatic carbocycles. The third-order valence-electron chi connectivity index (χ3n) is 7.73. The Labute approximate surface area is 202 Å². The van der Waals surface area contributed by atoms with E-state index in [1.165, 1.54) is 0 Å². The highest BCUT2D eigenvalue weighted by Crippen LogP contribution is 2.38. The Hall–Kier alpha value is -1.79. The standard InChI is InChI=1S/C26H37ClN2O4/c1-18-13-22(14-19(2)24(18)27)33-17-26(15-23(31)28-11-7-21(30)8-12-28)9-4-10-29(16-26)25(32)20-5-3-6-20/h13-14,20-21,30H,3-12,15-17H2,1-2H3. The predicted molar refractivity (Wildman–Crippen MR) is 128 cm³/mol. The van der Waals surface area contributed by atoms with Gasteiger partial charge in [0.1, 0.15) is 5.75 Å². The second-order valence-corrected chi connectivity index (χ2v) is 10.8. The van der Waals surface area contributed by atoms with Gasteiger partial charge in [-0.2, -0.15) is 0 Å². The maximum Gasteiger partial charge on any atom is 0.225 e. The van der Waals surface area contributed by atoms with Crippen molar-refractivity contribution in [2.75, 3.05) is 32.8 Å². The van der Waals surface area contributed by atoms with Crippen molar-refractivity contribution in [2.24, 2.45) is 11.3 Å². The Kier molecular flexibility index (Phi) is 7.54. The number of ether oxygens (including phenoxy) is 1. The average Bonchev–Trinajstić information content (AvgIpc) is 2.75. The molecule has 1 saturated carbocycles. The molecule has 2 aliphatic heterocycles. The number of hydrogen-bond acceptors (Lipinski definition) is 4. The van der Waals surface area contributed by atoms with Crippen LogP contribution in [0.2, 0.25) is 5.02 Å². The number of likely N-dealkylation sites (tertiary alicyclic amines) is 2. The van der Waals surface area contributed by atoms with E-state index >= 15 is 0 Å². The van der Waals surface area contributed by atoms with Gasteiger partial charge in [0.25, 0.3) is 0 Å². The fourth-order valence-electron chi connectivity index (χ4n) is 5.40. The first-order chi connectivity index (χ1) is 15.8. The van der Waals surface area contributed by atoms with Crippen LogP contribution in [0.4, 0.5) is 0 Å². The van der Waals surface area contributed by atoms with E-state index < -0.39 is 5.41 Å². The molecule has 2 heterocycles. The number of carbonyl (C=O) groups excluding carboxylic acids is 2. The van der Waals surface area contributed by atoms with Crippen molar-refractivity contribution in [1.29, 1.82) is 0 Å². The van der Waals surface area contributed by atoms with Crippen LogP contribution in [0, 0.1) is 25.2 Å². The van der Waals surface area contributed by atoms with Gasteiger partial charge in [0.15, 0.2) is 0 Å². The molecule has 1 aromatic rings. The molecular weight excluding hydrogens is 440 g/mol. The summed E-state index contributed by atoms with van der Waals surface area (Å²) < 4.78 is 6.29. The van der Waals surface area contributed by atoms with Gasteiger partial charge in [0.2, 0.25) is 11.8 Å². The lowest BCUT2D eigenvalue weighted by Gasteiger charge is -2.45. The fourth-order valence-corrected chi connectivity index (χ4v) is 5.51. The van der Waals surface area contributed by atoms with Gasteiger partial charge in [-0.15, -0.1) is 0 Å². The van der Waals surface area contributed by atoms with Crippen molar-refractivity contribution in [3.63, 3.8) is 0 Å². The minimum atomic E-state index is -0.410. The van der Waals surface area contributed by atoms with E-state index in [4.69, 9.17) is 16.3 Å². The molecule has 0 bridgehead atoms. The SMILES string of the molecule is Cc1cc(OCC2(CC(=O)N3CCC(O)CC3)CCCN(C(=O)C3CCC3)C2)cc(C)c1Cl. The van der Waals surface area contributed by atoms with E-state index in [9.17, 15) is 14.7 Å². The molecule has 0 aromatic heterocycles. The summed E-state index contributed by atoms with van der Waals surface area (Å²) in [5.41, 5.74) is 1.52. The zero-order valence-electron chi connectivity index (χ0n) is 19.9. The molecule has 1 aliphatic carbocycles. The number of halogens is 1. The minimum Gasteiger partial charge on any atom is -0.493 e. The summed E-state index contributed by atoms with van der Waals surface area (Å²) >= 11 is 6.33. The van der Waals surface area contributed by atoms with Crippen LogP contribution in [0.3, 0.4) is 0 Å². The Morgan fingerprint density at radius 1 is 1.06 bits per heavy atom. The Morgan fingerprint density at radius 3 is 2.33 bits per heavy atom. The molecule has 33 heavy (non-hydrogen) atoms. The van der Waals surface area contributed by atoms with E-state index in [1.54, 1.807) is 0 Å². The molecule has 1 atom stereocenters. The summed E-state index contributed by atoms with van der Waals surface area (Å²) in [4.78, 5) is 30.2. The Bertz CT molecular complexity index is 856. The van der Waals surface area contributed by atoms with Crippen molar-refractivity contribution in [3.8, 4) is 5.75 Å². The lowest BCUT2D eigenvalue weighted by Crippen LogP contribution is -2.53. The van der Waals surface area contributed by atoms with Crippen LogP contribution in [0.25, 0.3) is 0 Å². The molecule has 1 unspecified atom stereocenters. The summed E-state index contributed by atoms with van der Waals surface area (Å²) in [6.07, 6.45) is 6.15. The number of carbonyl (C=O) groups is 2. The van der Waals surface area contributed by atoms with Gasteiger partial charge < -0.3 is 19.6 Å². The predicted octanol–water partition coefficient (Wildman–Crippen LogP) is 4.12. The van der Waals surface area contributed by atoms with Crippen molar-refractivity contribution in [1.82, 2.24) is 9.80 Å². The highest BCUT2D eigenvalue weighted by molar-refractivity contribution is 6.32. The maximum atomic E-state index is 13.3. The first kappa shape index (κ1) is 24.3. The summed E-state index contributed by atoms with van der Waals surface area (Å²) in [5, 5.41) is 10.6. The molecule has 2 amide bonds. The van der Waals surface area contributed by atoms with Gasteiger partial charge in [-0.05, 0) is 75.6 Å². The van der Waals surface area contributed by atoms with Gasteiger partial charge in [-0.1, -0.05) is 18.0 Å². The largest absolute Gasteiger partial charge is 0.493 e. The lowest BCUT2D eigenvalue weighted by molar-refractivity contribution is -0.146. The molecule has 4 rings (SSSR count). The van der Waals surface area contributed by atoms with Gasteiger partial charge in [-0.25, -0.2) is 0 Å². The van der Waals surface area contributed by atoms with Gasteiger partial charge in [0, 0.05) is 49.0 Å². The van der Waals surface area contributed by atoms with Gasteiger partial charge in [-0.3, -0.25) is 9.59 Å². The molecule has 1 N–H and O–H groups in total. The molecule has 0 spiro atoms. The van der Waals surface area contributed by atoms with Crippen molar-refractivity contribution >= 4 is 23.4 Å². The number of aliphatic hydroxyl groups is 1.